The normalized spacial score (nSPS) is 12.2. The summed E-state index contributed by atoms with van der Waals surface area (Å²) in [6.45, 7) is 2.12. The molecule has 1 heterocycles. The third-order valence-corrected chi connectivity index (χ3v) is 2.58. The zero-order chi connectivity index (χ0) is 13.8. The Morgan fingerprint density at radius 2 is 2.11 bits per heavy atom. The summed E-state index contributed by atoms with van der Waals surface area (Å²) in [5.74, 6) is 0.0895. The number of nitrogens with two attached hydrogens (primary N) is 1. The molecule has 0 bridgehead atoms. The lowest BCUT2D eigenvalue weighted by Crippen LogP contribution is -2.14. The summed E-state index contributed by atoms with van der Waals surface area (Å²) in [5, 5.41) is 11.7. The van der Waals surface area contributed by atoms with Crippen molar-refractivity contribution in [2.24, 2.45) is 12.8 Å². The molecule has 1 aromatic carbocycles. The van der Waals surface area contributed by atoms with Gasteiger partial charge in [-0.2, -0.15) is 4.80 Å². The van der Waals surface area contributed by atoms with Crippen molar-refractivity contribution in [2.45, 2.75) is 13.0 Å². The van der Waals surface area contributed by atoms with E-state index in [1.807, 2.05) is 0 Å². The summed E-state index contributed by atoms with van der Waals surface area (Å²) in [6.07, 6.45) is 0. The number of esters is 1. The van der Waals surface area contributed by atoms with Crippen molar-refractivity contribution in [2.75, 3.05) is 6.61 Å². The largest absolute Gasteiger partial charge is 0.462 e. The van der Waals surface area contributed by atoms with Crippen LogP contribution in [0.3, 0.4) is 0 Å². The third kappa shape index (κ3) is 2.94. The van der Waals surface area contributed by atoms with E-state index in [9.17, 15) is 4.79 Å². The van der Waals surface area contributed by atoms with Crippen molar-refractivity contribution < 1.29 is 9.53 Å². The number of nitrogens with zero attached hydrogens (tertiary/aromatic N) is 4. The SMILES string of the molecule is CCOC(=O)c1ccc(C(N)c2nnn(C)n2)cc1. The smallest absolute Gasteiger partial charge is 0.338 e. The number of carbonyl (C=O) groups excluding carboxylic acids is 1. The summed E-state index contributed by atoms with van der Waals surface area (Å²) in [5.41, 5.74) is 7.32. The topological polar surface area (TPSA) is 95.9 Å². The van der Waals surface area contributed by atoms with Crippen molar-refractivity contribution >= 4 is 5.97 Å². The van der Waals surface area contributed by atoms with Crippen LogP contribution in [-0.2, 0) is 11.8 Å². The van der Waals surface area contributed by atoms with Gasteiger partial charge in [-0.1, -0.05) is 12.1 Å². The maximum atomic E-state index is 11.5. The minimum atomic E-state index is -0.468. The highest BCUT2D eigenvalue weighted by Gasteiger charge is 2.15. The third-order valence-electron chi connectivity index (χ3n) is 2.58. The van der Waals surface area contributed by atoms with Crippen LogP contribution in [0, 0.1) is 0 Å². The van der Waals surface area contributed by atoms with Gasteiger partial charge in [-0.25, -0.2) is 4.79 Å². The van der Waals surface area contributed by atoms with Crippen molar-refractivity contribution in [3.63, 3.8) is 0 Å². The van der Waals surface area contributed by atoms with Gasteiger partial charge >= 0.3 is 5.97 Å². The van der Waals surface area contributed by atoms with Crippen LogP contribution in [0.25, 0.3) is 0 Å². The highest BCUT2D eigenvalue weighted by molar-refractivity contribution is 5.89. The van der Waals surface area contributed by atoms with E-state index in [2.05, 4.69) is 15.4 Å². The number of hydrogen-bond acceptors (Lipinski definition) is 6. The molecule has 0 aliphatic rings. The first-order chi connectivity index (χ1) is 9.11. The van der Waals surface area contributed by atoms with Crippen LogP contribution in [0.2, 0.25) is 0 Å². The van der Waals surface area contributed by atoms with Crippen LogP contribution in [0.1, 0.15) is 34.7 Å². The molecule has 0 aliphatic carbocycles. The molecule has 0 amide bonds. The number of benzene rings is 1. The van der Waals surface area contributed by atoms with Crippen molar-refractivity contribution in [1.29, 1.82) is 0 Å². The van der Waals surface area contributed by atoms with Crippen molar-refractivity contribution in [1.82, 2.24) is 20.2 Å². The van der Waals surface area contributed by atoms with Crippen LogP contribution in [0.5, 0.6) is 0 Å². The fourth-order valence-corrected chi connectivity index (χ4v) is 1.61. The lowest BCUT2D eigenvalue weighted by molar-refractivity contribution is 0.0526. The van der Waals surface area contributed by atoms with Crippen LogP contribution in [0.15, 0.2) is 24.3 Å². The Bertz CT molecular complexity index is 564. The number of tetrazole rings is 1. The van der Waals surface area contributed by atoms with Gasteiger partial charge in [0.05, 0.1) is 25.3 Å². The maximum absolute atomic E-state index is 11.5. The molecule has 7 nitrogen and oxygen atoms in total. The Morgan fingerprint density at radius 1 is 1.42 bits per heavy atom. The molecule has 0 spiro atoms. The van der Waals surface area contributed by atoms with E-state index in [-0.39, 0.29) is 5.97 Å². The minimum Gasteiger partial charge on any atom is -0.462 e. The second-order valence-electron chi connectivity index (χ2n) is 3.96. The summed E-state index contributed by atoms with van der Waals surface area (Å²) in [4.78, 5) is 12.9. The molecule has 0 saturated carbocycles. The summed E-state index contributed by atoms with van der Waals surface area (Å²) < 4.78 is 4.91. The number of aryl methyl sites for hydroxylation is 1. The highest BCUT2D eigenvalue weighted by atomic mass is 16.5. The molecule has 2 aromatic rings. The zero-order valence-corrected chi connectivity index (χ0v) is 10.8. The summed E-state index contributed by atoms with van der Waals surface area (Å²) in [7, 11) is 1.67. The van der Waals surface area contributed by atoms with E-state index in [4.69, 9.17) is 10.5 Å². The molecule has 0 aliphatic heterocycles. The van der Waals surface area contributed by atoms with Crippen LogP contribution in [0.4, 0.5) is 0 Å². The molecule has 0 saturated heterocycles. The van der Waals surface area contributed by atoms with Gasteiger partial charge in [0.1, 0.15) is 0 Å². The number of carbonyl (C=O) groups is 1. The highest BCUT2D eigenvalue weighted by Crippen LogP contribution is 2.16. The number of ether oxygens (including phenoxy) is 1. The molecule has 19 heavy (non-hydrogen) atoms. The van der Waals surface area contributed by atoms with E-state index >= 15 is 0 Å². The van der Waals surface area contributed by atoms with Crippen LogP contribution < -0.4 is 5.73 Å². The second kappa shape index (κ2) is 5.57. The molecule has 0 fully saturated rings. The van der Waals surface area contributed by atoms with E-state index in [1.54, 1.807) is 38.2 Å². The number of aromatic nitrogens is 4. The average Bonchev–Trinajstić information content (AvgIpc) is 2.85. The molecule has 2 rings (SSSR count). The molecule has 100 valence electrons. The first-order valence-corrected chi connectivity index (χ1v) is 5.88. The van der Waals surface area contributed by atoms with Crippen LogP contribution >= 0.6 is 0 Å². The Labute approximate surface area is 110 Å². The van der Waals surface area contributed by atoms with E-state index in [0.29, 0.717) is 18.0 Å². The summed E-state index contributed by atoms with van der Waals surface area (Å²) >= 11 is 0. The van der Waals surface area contributed by atoms with Gasteiger partial charge in [0.25, 0.3) is 0 Å². The van der Waals surface area contributed by atoms with Gasteiger partial charge < -0.3 is 10.5 Å². The van der Waals surface area contributed by atoms with Gasteiger partial charge in [0.2, 0.25) is 0 Å². The second-order valence-corrected chi connectivity index (χ2v) is 3.96. The molecule has 7 heteroatoms. The Hall–Kier alpha value is -2.28. The molecule has 0 radical (unpaired) electrons. The quantitative estimate of drug-likeness (QED) is 0.802. The fourth-order valence-electron chi connectivity index (χ4n) is 1.61. The summed E-state index contributed by atoms with van der Waals surface area (Å²) in [6, 6.07) is 6.39. The van der Waals surface area contributed by atoms with E-state index < -0.39 is 6.04 Å². The number of rotatable bonds is 4. The predicted octanol–water partition coefficient (Wildman–Crippen LogP) is 0.435. The number of hydrogen-bond donors (Lipinski definition) is 1. The molecular formula is C12H15N5O2. The molecule has 1 atom stereocenters. The van der Waals surface area contributed by atoms with Gasteiger partial charge in [0.15, 0.2) is 5.82 Å². The molecule has 1 unspecified atom stereocenters. The molecule has 1 aromatic heterocycles. The lowest BCUT2D eigenvalue weighted by atomic mass is 10.1. The molecule has 2 N–H and O–H groups in total. The van der Waals surface area contributed by atoms with Gasteiger partial charge in [-0.15, -0.1) is 10.2 Å². The van der Waals surface area contributed by atoms with Crippen LogP contribution in [-0.4, -0.2) is 32.8 Å². The van der Waals surface area contributed by atoms with E-state index in [1.165, 1.54) is 4.80 Å². The molecular weight excluding hydrogens is 246 g/mol. The van der Waals surface area contributed by atoms with Crippen molar-refractivity contribution in [3.05, 3.63) is 41.2 Å². The van der Waals surface area contributed by atoms with Gasteiger partial charge in [-0.05, 0) is 29.8 Å². The first-order valence-electron chi connectivity index (χ1n) is 5.88. The van der Waals surface area contributed by atoms with E-state index in [0.717, 1.165) is 5.56 Å². The zero-order valence-electron chi connectivity index (χ0n) is 10.8. The van der Waals surface area contributed by atoms with Gasteiger partial charge in [-0.3, -0.25) is 0 Å². The standard InChI is InChI=1S/C12H15N5O2/c1-3-19-12(18)9-6-4-8(5-7-9)10(13)11-14-16-17(2)15-11/h4-7,10H,3,13H2,1-2H3. The average molecular weight is 261 g/mol. The Morgan fingerprint density at radius 3 is 2.63 bits per heavy atom. The fraction of sp³-hybridized carbons (Fsp3) is 0.333. The first kappa shape index (κ1) is 13.2. The Balaban J connectivity index is 2.16. The monoisotopic (exact) mass is 261 g/mol. The predicted molar refractivity (Wildman–Crippen MR) is 67.2 cm³/mol. The van der Waals surface area contributed by atoms with Crippen molar-refractivity contribution in [3.8, 4) is 0 Å². The lowest BCUT2D eigenvalue weighted by Gasteiger charge is -2.08. The maximum Gasteiger partial charge on any atom is 0.338 e. The minimum absolute atomic E-state index is 0.347. The Kier molecular flexibility index (Phi) is 3.86. The van der Waals surface area contributed by atoms with Gasteiger partial charge in [0, 0.05) is 0 Å².